The fraction of sp³-hybridized carbons (Fsp3) is 0.579. The molecule has 2 N–H and O–H groups in total. The second kappa shape index (κ2) is 12.0. The Morgan fingerprint density at radius 2 is 1.79 bits per heavy atom. The molecular weight excluding hydrogens is 387 g/mol. The van der Waals surface area contributed by atoms with Crippen LogP contribution in [0.4, 0.5) is 0 Å². The quantitative estimate of drug-likeness (QED) is 0.217. The minimum atomic E-state index is -4.63. The molecule has 3 atom stereocenters. The molecule has 28 heavy (non-hydrogen) atoms. The number of carboxylic acid groups (broad SMARTS) is 1. The lowest BCUT2D eigenvalue weighted by Crippen LogP contribution is -2.35. The molecule has 0 heterocycles. The Balaban J connectivity index is 2.59. The number of aryl methyl sites for hydroxylation is 1. The third-order valence-electron chi connectivity index (χ3n) is 3.83. The largest absolute Gasteiger partial charge is 0.479 e. The van der Waals surface area contributed by atoms with Crippen molar-refractivity contribution >= 4 is 19.5 Å². The van der Waals surface area contributed by atoms with Crippen LogP contribution in [0.5, 0.6) is 0 Å². The normalized spacial score (nSPS) is 15.6. The van der Waals surface area contributed by atoms with Crippen molar-refractivity contribution in [3.8, 4) is 0 Å². The number of carboxylic acids is 1. The van der Waals surface area contributed by atoms with Crippen LogP contribution in [0.25, 0.3) is 0 Å². The van der Waals surface area contributed by atoms with Crippen LogP contribution in [0.15, 0.2) is 30.3 Å². The average Bonchev–Trinajstić information content (AvgIpc) is 2.64. The van der Waals surface area contributed by atoms with Crippen molar-refractivity contribution in [1.82, 2.24) is 0 Å². The van der Waals surface area contributed by atoms with Crippen molar-refractivity contribution < 1.29 is 38.2 Å². The van der Waals surface area contributed by atoms with Gasteiger partial charge in [0.05, 0.1) is 6.61 Å². The molecule has 0 radical (unpaired) electrons. The average molecular weight is 416 g/mol. The first-order chi connectivity index (χ1) is 13.2. The molecule has 0 saturated heterocycles. The molecule has 0 fully saturated rings. The lowest BCUT2D eigenvalue weighted by atomic mass is 10.1. The van der Waals surface area contributed by atoms with E-state index in [1.54, 1.807) is 20.8 Å². The number of ether oxygens (including phenoxy) is 2. The van der Waals surface area contributed by atoms with Gasteiger partial charge in [0, 0.05) is 12.3 Å². The monoisotopic (exact) mass is 416 g/mol. The number of unbranched alkanes of at least 4 members (excludes halogenated alkanes) is 1. The SMILES string of the molecule is CCC(=O)O[C@H](O[C@@H](C(=O)O)P(=O)(O)OCCCCc1ccccc1)C(C)C. The summed E-state index contributed by atoms with van der Waals surface area (Å²) >= 11 is 0. The zero-order chi connectivity index (χ0) is 21.2. The van der Waals surface area contributed by atoms with E-state index in [-0.39, 0.29) is 13.0 Å². The number of aliphatic carboxylic acids is 1. The summed E-state index contributed by atoms with van der Waals surface area (Å²) in [7, 11) is -4.63. The Morgan fingerprint density at radius 3 is 2.32 bits per heavy atom. The van der Waals surface area contributed by atoms with E-state index in [4.69, 9.17) is 14.0 Å². The van der Waals surface area contributed by atoms with E-state index in [0.717, 1.165) is 12.0 Å². The molecule has 0 aliphatic heterocycles. The van der Waals surface area contributed by atoms with Crippen LogP contribution in [0.1, 0.15) is 45.6 Å². The first-order valence-corrected chi connectivity index (χ1v) is 10.9. The second-order valence-corrected chi connectivity index (χ2v) is 8.48. The van der Waals surface area contributed by atoms with Crippen LogP contribution >= 0.6 is 7.60 Å². The molecule has 9 heteroatoms. The minimum Gasteiger partial charge on any atom is -0.479 e. The van der Waals surface area contributed by atoms with Crippen molar-refractivity contribution in [3.05, 3.63) is 35.9 Å². The molecule has 1 aromatic carbocycles. The molecule has 0 aliphatic rings. The molecule has 1 aromatic rings. The van der Waals surface area contributed by atoms with Crippen LogP contribution in [-0.4, -0.2) is 40.7 Å². The maximum Gasteiger partial charge on any atom is 0.368 e. The fourth-order valence-corrected chi connectivity index (χ4v) is 3.35. The molecule has 0 saturated carbocycles. The Labute approximate surface area is 165 Å². The van der Waals surface area contributed by atoms with Gasteiger partial charge in [0.25, 0.3) is 5.85 Å². The topological polar surface area (TPSA) is 119 Å². The van der Waals surface area contributed by atoms with Crippen LogP contribution < -0.4 is 0 Å². The van der Waals surface area contributed by atoms with Gasteiger partial charge >= 0.3 is 19.5 Å². The zero-order valence-corrected chi connectivity index (χ0v) is 17.3. The van der Waals surface area contributed by atoms with E-state index in [9.17, 15) is 24.2 Å². The maximum absolute atomic E-state index is 12.4. The summed E-state index contributed by atoms with van der Waals surface area (Å²) in [6.45, 7) is 4.76. The number of rotatable bonds is 13. The fourth-order valence-electron chi connectivity index (χ4n) is 2.27. The molecule has 1 rings (SSSR count). The van der Waals surface area contributed by atoms with Gasteiger partial charge in [0.15, 0.2) is 0 Å². The van der Waals surface area contributed by atoms with Gasteiger partial charge in [-0.2, -0.15) is 0 Å². The Hall–Kier alpha value is -1.73. The summed E-state index contributed by atoms with van der Waals surface area (Å²) in [5.74, 6) is -4.81. The predicted molar refractivity (Wildman–Crippen MR) is 103 cm³/mol. The number of hydrogen-bond acceptors (Lipinski definition) is 6. The molecule has 0 aliphatic carbocycles. The van der Waals surface area contributed by atoms with Gasteiger partial charge in [-0.05, 0) is 24.8 Å². The molecular formula is C19H29O8P. The first-order valence-electron chi connectivity index (χ1n) is 9.26. The highest BCUT2D eigenvalue weighted by Crippen LogP contribution is 2.49. The van der Waals surface area contributed by atoms with Crippen molar-refractivity contribution in [2.75, 3.05) is 6.61 Å². The number of esters is 1. The van der Waals surface area contributed by atoms with Crippen LogP contribution in [0.2, 0.25) is 0 Å². The number of carbonyl (C=O) groups excluding carboxylic acids is 1. The minimum absolute atomic E-state index is 0.0685. The maximum atomic E-state index is 12.4. The Morgan fingerprint density at radius 1 is 1.14 bits per heavy atom. The lowest BCUT2D eigenvalue weighted by Gasteiger charge is -2.27. The number of benzene rings is 1. The molecule has 1 unspecified atom stereocenters. The summed E-state index contributed by atoms with van der Waals surface area (Å²) < 4.78 is 27.5. The standard InChI is InChI=1S/C19H29O8P/c1-4-16(20)26-18(14(2)3)27-19(17(21)22)28(23,24)25-13-9-8-12-15-10-6-5-7-11-15/h5-7,10-11,14,18-19H,4,8-9,12-13H2,1-3H3,(H,21,22)(H,23,24)/t18-,19-/m1/s1. The third-order valence-corrected chi connectivity index (χ3v) is 5.32. The van der Waals surface area contributed by atoms with E-state index in [1.807, 2.05) is 30.3 Å². The summed E-state index contributed by atoms with van der Waals surface area (Å²) in [5.41, 5.74) is 1.14. The summed E-state index contributed by atoms with van der Waals surface area (Å²) in [4.78, 5) is 33.0. The summed E-state index contributed by atoms with van der Waals surface area (Å²) in [5, 5.41) is 9.30. The summed E-state index contributed by atoms with van der Waals surface area (Å²) in [6.07, 6.45) is 0.770. The Kier molecular flexibility index (Phi) is 10.4. The van der Waals surface area contributed by atoms with Crippen molar-refractivity contribution in [3.63, 3.8) is 0 Å². The van der Waals surface area contributed by atoms with Gasteiger partial charge in [-0.3, -0.25) is 9.36 Å². The predicted octanol–water partition coefficient (Wildman–Crippen LogP) is 3.57. The summed E-state index contributed by atoms with van der Waals surface area (Å²) in [6, 6.07) is 9.74. The van der Waals surface area contributed by atoms with Crippen LogP contribution in [-0.2, 0) is 34.6 Å². The molecule has 0 bridgehead atoms. The highest BCUT2D eigenvalue weighted by atomic mass is 31.2. The molecule has 158 valence electrons. The van der Waals surface area contributed by atoms with E-state index < -0.39 is 37.6 Å². The molecule has 0 amide bonds. The van der Waals surface area contributed by atoms with Gasteiger partial charge in [-0.25, -0.2) is 4.79 Å². The number of hydrogen-bond donors (Lipinski definition) is 2. The number of carbonyl (C=O) groups is 2. The first kappa shape index (κ1) is 24.3. The molecule has 0 aromatic heterocycles. The van der Waals surface area contributed by atoms with Gasteiger partial charge in [0.1, 0.15) is 0 Å². The highest BCUT2D eigenvalue weighted by Gasteiger charge is 2.43. The zero-order valence-electron chi connectivity index (χ0n) is 16.4. The smallest absolute Gasteiger partial charge is 0.368 e. The van der Waals surface area contributed by atoms with Gasteiger partial charge < -0.3 is 24.0 Å². The van der Waals surface area contributed by atoms with E-state index in [0.29, 0.717) is 12.8 Å². The van der Waals surface area contributed by atoms with E-state index in [2.05, 4.69) is 0 Å². The van der Waals surface area contributed by atoms with Crippen LogP contribution in [0.3, 0.4) is 0 Å². The van der Waals surface area contributed by atoms with Gasteiger partial charge in [-0.1, -0.05) is 51.1 Å². The second-order valence-electron chi connectivity index (χ2n) is 6.62. The lowest BCUT2D eigenvalue weighted by molar-refractivity contribution is -0.200. The van der Waals surface area contributed by atoms with Gasteiger partial charge in [-0.15, -0.1) is 0 Å². The third kappa shape index (κ3) is 8.52. The van der Waals surface area contributed by atoms with Crippen LogP contribution in [0, 0.1) is 5.92 Å². The van der Waals surface area contributed by atoms with Crippen molar-refractivity contribution in [2.24, 2.45) is 5.92 Å². The van der Waals surface area contributed by atoms with E-state index >= 15 is 0 Å². The van der Waals surface area contributed by atoms with E-state index in [1.165, 1.54) is 0 Å². The van der Waals surface area contributed by atoms with Crippen molar-refractivity contribution in [2.45, 2.75) is 58.6 Å². The molecule has 8 nitrogen and oxygen atoms in total. The Bertz CT molecular complexity index is 661. The highest BCUT2D eigenvalue weighted by molar-refractivity contribution is 7.54. The molecule has 0 spiro atoms. The van der Waals surface area contributed by atoms with Gasteiger partial charge in [0.2, 0.25) is 6.29 Å². The van der Waals surface area contributed by atoms with Crippen molar-refractivity contribution in [1.29, 1.82) is 0 Å².